The van der Waals surface area contributed by atoms with Gasteiger partial charge in [-0.2, -0.15) is 0 Å². The van der Waals surface area contributed by atoms with Crippen LogP contribution in [0.4, 0.5) is 5.69 Å². The van der Waals surface area contributed by atoms with Gasteiger partial charge in [-0.25, -0.2) is 4.79 Å². The zero-order valence-electron chi connectivity index (χ0n) is 14.8. The molecular formula is C18H24BrClN2O3. The monoisotopic (exact) mass is 430 g/mol. The lowest BCUT2D eigenvalue weighted by Crippen LogP contribution is -2.44. The fraction of sp³-hybridized carbons (Fsp3) is 0.556. The smallest absolute Gasteiger partial charge is 0.340 e. The Kier molecular flexibility index (Phi) is 6.88. The summed E-state index contributed by atoms with van der Waals surface area (Å²) >= 11 is 9.26. The first-order chi connectivity index (χ1) is 11.7. The summed E-state index contributed by atoms with van der Waals surface area (Å²) in [6.07, 6.45) is 0. The summed E-state index contributed by atoms with van der Waals surface area (Å²) in [6, 6.07) is 5.15. The molecule has 25 heavy (non-hydrogen) atoms. The molecule has 1 aromatic carbocycles. The number of ketones is 1. The number of ether oxygens (including phenoxy) is 1. The molecule has 2 rings (SSSR count). The number of nitrogens with zero attached hydrogens (tertiary/aromatic N) is 1. The minimum atomic E-state index is -0.670. The van der Waals surface area contributed by atoms with E-state index in [9.17, 15) is 9.59 Å². The fourth-order valence-electron chi connectivity index (χ4n) is 2.62. The van der Waals surface area contributed by atoms with Crippen LogP contribution in [0.2, 0.25) is 0 Å². The number of benzene rings is 1. The van der Waals surface area contributed by atoms with E-state index < -0.39 is 16.9 Å². The Morgan fingerprint density at radius 1 is 1.32 bits per heavy atom. The van der Waals surface area contributed by atoms with Gasteiger partial charge in [-0.3, -0.25) is 4.79 Å². The van der Waals surface area contributed by atoms with Crippen molar-refractivity contribution in [2.45, 2.75) is 31.7 Å². The second kappa shape index (κ2) is 8.52. The zero-order chi connectivity index (χ0) is 18.6. The van der Waals surface area contributed by atoms with Gasteiger partial charge in [-0.1, -0.05) is 15.9 Å². The van der Waals surface area contributed by atoms with Gasteiger partial charge in [0.25, 0.3) is 0 Å². The molecule has 0 bridgehead atoms. The molecule has 0 amide bonds. The fourth-order valence-corrected chi connectivity index (χ4v) is 3.04. The lowest BCUT2D eigenvalue weighted by Gasteiger charge is -2.31. The number of alkyl halides is 2. The van der Waals surface area contributed by atoms with E-state index in [1.165, 1.54) is 0 Å². The van der Waals surface area contributed by atoms with Gasteiger partial charge in [0.2, 0.25) is 0 Å². The SMILES string of the molecule is CC(C)(C)OC(=O)c1cc(C(=O)C(Cl)CBr)ccc1N1CCNCC1. The number of nitrogens with one attached hydrogen (secondary N) is 1. The lowest BCUT2D eigenvalue weighted by atomic mass is 10.0. The van der Waals surface area contributed by atoms with Crippen molar-refractivity contribution < 1.29 is 14.3 Å². The number of Topliss-reactive ketones (excluding diaryl/α,β-unsaturated/α-hetero) is 1. The molecule has 1 saturated heterocycles. The highest BCUT2D eigenvalue weighted by Crippen LogP contribution is 2.26. The summed E-state index contributed by atoms with van der Waals surface area (Å²) in [5, 5.41) is 2.97. The predicted molar refractivity (Wildman–Crippen MR) is 104 cm³/mol. The van der Waals surface area contributed by atoms with Crippen LogP contribution >= 0.6 is 27.5 Å². The molecule has 7 heteroatoms. The Morgan fingerprint density at radius 2 is 1.96 bits per heavy atom. The van der Waals surface area contributed by atoms with Crippen molar-refractivity contribution in [3.05, 3.63) is 29.3 Å². The summed E-state index contributed by atoms with van der Waals surface area (Å²) in [6.45, 7) is 8.76. The van der Waals surface area contributed by atoms with Crippen LogP contribution < -0.4 is 10.2 Å². The normalized spacial score (nSPS) is 16.4. The van der Waals surface area contributed by atoms with Crippen LogP contribution in [0, 0.1) is 0 Å². The Morgan fingerprint density at radius 3 is 2.52 bits per heavy atom. The second-order valence-corrected chi connectivity index (χ2v) is 8.13. The van der Waals surface area contributed by atoms with Crippen LogP contribution in [-0.2, 0) is 4.74 Å². The van der Waals surface area contributed by atoms with Gasteiger partial charge in [-0.15, -0.1) is 11.6 Å². The minimum Gasteiger partial charge on any atom is -0.456 e. The number of halogens is 2. The molecule has 1 unspecified atom stereocenters. The van der Waals surface area contributed by atoms with Gasteiger partial charge in [-0.05, 0) is 39.0 Å². The maximum absolute atomic E-state index is 12.7. The summed E-state index contributed by atoms with van der Waals surface area (Å²) in [5.74, 6) is -0.643. The number of hydrogen-bond acceptors (Lipinski definition) is 5. The Balaban J connectivity index is 2.41. The van der Waals surface area contributed by atoms with E-state index in [1.54, 1.807) is 12.1 Å². The number of anilines is 1. The number of rotatable bonds is 5. The first-order valence-electron chi connectivity index (χ1n) is 8.30. The second-order valence-electron chi connectivity index (χ2n) is 6.96. The maximum Gasteiger partial charge on any atom is 0.340 e. The molecule has 1 N–H and O–H groups in total. The largest absolute Gasteiger partial charge is 0.456 e. The van der Waals surface area contributed by atoms with Crippen LogP contribution in [0.25, 0.3) is 0 Å². The quantitative estimate of drug-likeness (QED) is 0.441. The van der Waals surface area contributed by atoms with Gasteiger partial charge in [0.1, 0.15) is 11.0 Å². The average molecular weight is 432 g/mol. The molecule has 0 radical (unpaired) electrons. The molecule has 1 atom stereocenters. The molecular weight excluding hydrogens is 408 g/mol. The van der Waals surface area contributed by atoms with E-state index in [0.717, 1.165) is 31.9 Å². The van der Waals surface area contributed by atoms with Crippen molar-refractivity contribution in [3.63, 3.8) is 0 Å². The Bertz CT molecular complexity index is 640. The molecule has 0 saturated carbocycles. The molecule has 5 nitrogen and oxygen atoms in total. The maximum atomic E-state index is 12.7. The van der Waals surface area contributed by atoms with Crippen molar-refractivity contribution >= 4 is 45.0 Å². The number of piperazine rings is 1. The summed E-state index contributed by atoms with van der Waals surface area (Å²) in [5.41, 5.74) is 1.00. The van der Waals surface area contributed by atoms with Crippen molar-refractivity contribution in [2.24, 2.45) is 0 Å². The number of hydrogen-bond donors (Lipinski definition) is 1. The molecule has 1 aromatic rings. The van der Waals surface area contributed by atoms with Crippen LogP contribution in [0.1, 0.15) is 41.5 Å². The van der Waals surface area contributed by atoms with E-state index in [4.69, 9.17) is 16.3 Å². The molecule has 1 heterocycles. The standard InChI is InChI=1S/C18H24BrClN2O3/c1-18(2,3)25-17(24)13-10-12(16(23)14(20)11-19)4-5-15(13)22-8-6-21-7-9-22/h4-5,10,14,21H,6-9,11H2,1-3H3. The zero-order valence-corrected chi connectivity index (χ0v) is 17.1. The van der Waals surface area contributed by atoms with Crippen LogP contribution in [0.5, 0.6) is 0 Å². The van der Waals surface area contributed by atoms with Crippen LogP contribution in [0.15, 0.2) is 18.2 Å². The summed E-state index contributed by atoms with van der Waals surface area (Å²) in [7, 11) is 0. The van der Waals surface area contributed by atoms with Gasteiger partial charge in [0.15, 0.2) is 5.78 Å². The van der Waals surface area contributed by atoms with E-state index in [1.807, 2.05) is 26.8 Å². The van der Waals surface area contributed by atoms with Gasteiger partial charge < -0.3 is 15.0 Å². The molecule has 0 aliphatic carbocycles. The molecule has 138 valence electrons. The Labute approximate surface area is 162 Å². The lowest BCUT2D eigenvalue weighted by molar-refractivity contribution is 0.00702. The van der Waals surface area contributed by atoms with E-state index >= 15 is 0 Å². The third-order valence-corrected chi connectivity index (χ3v) is 5.15. The minimum absolute atomic E-state index is 0.213. The van der Waals surface area contributed by atoms with E-state index in [2.05, 4.69) is 26.1 Å². The summed E-state index contributed by atoms with van der Waals surface area (Å²) < 4.78 is 5.54. The van der Waals surface area contributed by atoms with Crippen molar-refractivity contribution in [1.29, 1.82) is 0 Å². The van der Waals surface area contributed by atoms with Crippen LogP contribution in [0.3, 0.4) is 0 Å². The highest BCUT2D eigenvalue weighted by Gasteiger charge is 2.26. The van der Waals surface area contributed by atoms with Gasteiger partial charge >= 0.3 is 5.97 Å². The molecule has 1 aliphatic rings. The predicted octanol–water partition coefficient (Wildman–Crippen LogP) is 3.24. The average Bonchev–Trinajstić information content (AvgIpc) is 2.59. The highest BCUT2D eigenvalue weighted by atomic mass is 79.9. The van der Waals surface area contributed by atoms with Crippen LogP contribution in [-0.4, -0.2) is 54.2 Å². The third kappa shape index (κ3) is 5.43. The van der Waals surface area contributed by atoms with Crippen molar-refractivity contribution in [2.75, 3.05) is 36.4 Å². The van der Waals surface area contributed by atoms with Crippen molar-refractivity contribution in [1.82, 2.24) is 5.32 Å². The van der Waals surface area contributed by atoms with Gasteiger partial charge in [0.05, 0.1) is 11.3 Å². The first-order valence-corrected chi connectivity index (χ1v) is 9.86. The topological polar surface area (TPSA) is 58.6 Å². The van der Waals surface area contributed by atoms with Gasteiger partial charge in [0, 0.05) is 37.1 Å². The van der Waals surface area contributed by atoms with E-state index in [-0.39, 0.29) is 5.78 Å². The van der Waals surface area contributed by atoms with E-state index in [0.29, 0.717) is 16.5 Å². The molecule has 1 aliphatic heterocycles. The molecule has 1 fully saturated rings. The van der Waals surface area contributed by atoms with Crippen molar-refractivity contribution in [3.8, 4) is 0 Å². The molecule has 0 aromatic heterocycles. The number of carbonyl (C=O) groups excluding carboxylic acids is 2. The first kappa shape index (κ1) is 20.2. The summed E-state index contributed by atoms with van der Waals surface area (Å²) in [4.78, 5) is 27.2. The molecule has 0 spiro atoms. The number of esters is 1. The number of carbonyl (C=O) groups is 2. The third-order valence-electron chi connectivity index (χ3n) is 3.78. The Hall–Kier alpha value is -1.11. The highest BCUT2D eigenvalue weighted by molar-refractivity contribution is 9.09.